The topological polar surface area (TPSA) is 180 Å². The van der Waals surface area contributed by atoms with Crippen molar-refractivity contribution in [3.8, 4) is 0 Å². The quantitative estimate of drug-likeness (QED) is 0.504. The summed E-state index contributed by atoms with van der Waals surface area (Å²) < 4.78 is 51.6. The molecule has 0 aliphatic heterocycles. The molecule has 1 heterocycles. The molecule has 0 bridgehead atoms. The van der Waals surface area contributed by atoms with Crippen LogP contribution >= 0.6 is 11.3 Å². The van der Waals surface area contributed by atoms with E-state index in [9.17, 15) is 21.6 Å². The van der Waals surface area contributed by atoms with Crippen molar-refractivity contribution in [1.29, 1.82) is 0 Å². The van der Waals surface area contributed by atoms with Gasteiger partial charge in [-0.1, -0.05) is 11.3 Å². The first kappa shape index (κ1) is 21.2. The highest BCUT2D eigenvalue weighted by atomic mass is 32.2. The lowest BCUT2D eigenvalue weighted by atomic mass is 10.2. The summed E-state index contributed by atoms with van der Waals surface area (Å²) in [5.41, 5.74) is 5.76. The van der Waals surface area contributed by atoms with Crippen LogP contribution in [0.25, 0.3) is 0 Å². The average molecular weight is 435 g/mol. The highest BCUT2D eigenvalue weighted by Gasteiger charge is 2.18. The molecule has 0 atom stereocenters. The highest BCUT2D eigenvalue weighted by molar-refractivity contribution is 7.91. The number of hydrogen-bond donors (Lipinski definition) is 3. The standard InChI is InChI=1S/C13H18N6O5S3/c1-19-12(25-13(17-19)26(15,21)22)18-27(23,24)10-6-4-9(5-7-10)16-11(20)3-2-8-14/h4-7H,2-3,8,14H2,1H3,(H,16,20)(H2,15,21,22)/b18-12+. The molecule has 27 heavy (non-hydrogen) atoms. The number of rotatable bonds is 7. The summed E-state index contributed by atoms with van der Waals surface area (Å²) in [4.78, 5) is 11.4. The number of nitrogens with one attached hydrogen (secondary N) is 1. The third kappa shape index (κ3) is 5.67. The van der Waals surface area contributed by atoms with Crippen molar-refractivity contribution >= 4 is 43.0 Å². The van der Waals surface area contributed by atoms with E-state index in [1.54, 1.807) is 0 Å². The van der Waals surface area contributed by atoms with Gasteiger partial charge in [-0.25, -0.2) is 18.2 Å². The van der Waals surface area contributed by atoms with Crippen molar-refractivity contribution in [2.45, 2.75) is 22.1 Å². The maximum absolute atomic E-state index is 12.4. The highest BCUT2D eigenvalue weighted by Crippen LogP contribution is 2.16. The van der Waals surface area contributed by atoms with Gasteiger partial charge in [0, 0.05) is 19.2 Å². The lowest BCUT2D eigenvalue weighted by Gasteiger charge is -2.05. The Morgan fingerprint density at radius 3 is 2.41 bits per heavy atom. The van der Waals surface area contributed by atoms with E-state index in [-0.39, 0.29) is 22.0 Å². The zero-order chi connectivity index (χ0) is 20.2. The normalized spacial score (nSPS) is 12.9. The zero-order valence-corrected chi connectivity index (χ0v) is 16.6. The number of amides is 1. The summed E-state index contributed by atoms with van der Waals surface area (Å²) in [6.45, 7) is 0.397. The first-order valence-corrected chi connectivity index (χ1v) is 11.3. The molecule has 1 aromatic carbocycles. The second-order valence-electron chi connectivity index (χ2n) is 5.35. The van der Waals surface area contributed by atoms with E-state index >= 15 is 0 Å². The fourth-order valence-corrected chi connectivity index (χ4v) is 4.64. The predicted octanol–water partition coefficient (Wildman–Crippen LogP) is -0.904. The third-order valence-electron chi connectivity index (χ3n) is 3.17. The van der Waals surface area contributed by atoms with E-state index in [1.165, 1.54) is 31.3 Å². The van der Waals surface area contributed by atoms with E-state index in [4.69, 9.17) is 10.9 Å². The molecule has 2 rings (SSSR count). The predicted molar refractivity (Wildman–Crippen MR) is 98.6 cm³/mol. The van der Waals surface area contributed by atoms with Crippen LogP contribution in [0.5, 0.6) is 0 Å². The number of hydrogen-bond acceptors (Lipinski definition) is 8. The van der Waals surface area contributed by atoms with Gasteiger partial charge in [-0.15, -0.1) is 9.50 Å². The van der Waals surface area contributed by atoms with Crippen LogP contribution in [0, 0.1) is 0 Å². The molecular formula is C13H18N6O5S3. The molecular weight excluding hydrogens is 416 g/mol. The molecule has 0 unspecified atom stereocenters. The summed E-state index contributed by atoms with van der Waals surface area (Å²) in [5, 5.41) is 11.2. The summed E-state index contributed by atoms with van der Waals surface area (Å²) >= 11 is 0.533. The lowest BCUT2D eigenvalue weighted by Crippen LogP contribution is -2.15. The third-order valence-corrected chi connectivity index (χ3v) is 6.88. The number of carbonyl (C=O) groups excluding carboxylic acids is 1. The monoisotopic (exact) mass is 434 g/mol. The van der Waals surface area contributed by atoms with Gasteiger partial charge in [0.15, 0.2) is 0 Å². The van der Waals surface area contributed by atoms with Gasteiger partial charge in [-0.3, -0.25) is 4.79 Å². The fraction of sp³-hybridized carbons (Fsp3) is 0.308. The van der Waals surface area contributed by atoms with Gasteiger partial charge in [0.1, 0.15) is 0 Å². The van der Waals surface area contributed by atoms with E-state index in [2.05, 4.69) is 14.8 Å². The van der Waals surface area contributed by atoms with E-state index in [0.717, 1.165) is 4.68 Å². The Morgan fingerprint density at radius 2 is 1.89 bits per heavy atom. The van der Waals surface area contributed by atoms with Crippen LogP contribution in [-0.4, -0.2) is 39.1 Å². The van der Waals surface area contributed by atoms with Crippen LogP contribution in [-0.2, 0) is 31.9 Å². The van der Waals surface area contributed by atoms with E-state index in [0.29, 0.717) is 30.0 Å². The minimum Gasteiger partial charge on any atom is -0.330 e. The van der Waals surface area contributed by atoms with Crippen LogP contribution in [0.4, 0.5) is 5.69 Å². The molecule has 148 valence electrons. The number of primary sulfonamides is 1. The van der Waals surface area contributed by atoms with Crippen molar-refractivity contribution < 1.29 is 21.6 Å². The van der Waals surface area contributed by atoms with Gasteiger partial charge in [0.2, 0.25) is 15.0 Å². The minimum absolute atomic E-state index is 0.131. The summed E-state index contributed by atoms with van der Waals surface area (Å²) in [7, 11) is -6.84. The van der Waals surface area contributed by atoms with E-state index < -0.39 is 24.4 Å². The van der Waals surface area contributed by atoms with Crippen LogP contribution in [0.3, 0.4) is 0 Å². The van der Waals surface area contributed by atoms with E-state index in [1.807, 2.05) is 0 Å². The van der Waals surface area contributed by atoms with Crippen LogP contribution in [0.15, 0.2) is 37.9 Å². The number of nitrogens with two attached hydrogens (primary N) is 2. The Hall–Kier alpha value is -2.13. The van der Waals surface area contributed by atoms with Gasteiger partial charge >= 0.3 is 0 Å². The summed E-state index contributed by atoms with van der Waals surface area (Å²) in [6, 6.07) is 5.40. The summed E-state index contributed by atoms with van der Waals surface area (Å²) in [6.07, 6.45) is 0.809. The second kappa shape index (κ2) is 8.26. The van der Waals surface area contributed by atoms with Crippen LogP contribution < -0.4 is 21.0 Å². The van der Waals surface area contributed by atoms with Crippen molar-refractivity contribution in [1.82, 2.24) is 9.78 Å². The average Bonchev–Trinajstić information content (AvgIpc) is 2.94. The number of carbonyl (C=O) groups is 1. The molecule has 0 aliphatic carbocycles. The van der Waals surface area contributed by atoms with Crippen molar-refractivity contribution in [3.63, 3.8) is 0 Å². The Morgan fingerprint density at radius 1 is 1.26 bits per heavy atom. The number of benzene rings is 1. The fourth-order valence-electron chi connectivity index (χ4n) is 1.87. The van der Waals surface area contributed by atoms with Crippen molar-refractivity contribution in [3.05, 3.63) is 29.1 Å². The molecule has 0 aliphatic rings. The Bertz CT molecular complexity index is 1100. The molecule has 0 saturated carbocycles. The first-order valence-electron chi connectivity index (χ1n) is 7.51. The van der Waals surface area contributed by atoms with Crippen LogP contribution in [0.2, 0.25) is 0 Å². The molecule has 14 heteroatoms. The molecule has 5 N–H and O–H groups in total. The largest absolute Gasteiger partial charge is 0.330 e. The molecule has 1 amide bonds. The number of aryl methyl sites for hydroxylation is 1. The maximum Gasteiger partial charge on any atom is 0.285 e. The summed E-state index contributed by atoms with van der Waals surface area (Å²) in [5.74, 6) is -0.229. The Balaban J connectivity index is 2.27. The molecule has 0 fully saturated rings. The molecule has 0 saturated heterocycles. The minimum atomic E-state index is -4.12. The number of anilines is 1. The van der Waals surface area contributed by atoms with Gasteiger partial charge in [-0.2, -0.15) is 8.42 Å². The molecule has 0 spiro atoms. The first-order chi connectivity index (χ1) is 12.5. The van der Waals surface area contributed by atoms with Gasteiger partial charge in [-0.05, 0) is 37.2 Å². The molecule has 11 nitrogen and oxygen atoms in total. The smallest absolute Gasteiger partial charge is 0.285 e. The molecule has 1 aromatic heterocycles. The van der Waals surface area contributed by atoms with Gasteiger partial charge < -0.3 is 11.1 Å². The maximum atomic E-state index is 12.4. The number of sulfonamides is 2. The van der Waals surface area contributed by atoms with Crippen molar-refractivity contribution in [2.24, 2.45) is 22.3 Å². The Kier molecular flexibility index (Phi) is 6.48. The van der Waals surface area contributed by atoms with Crippen LogP contribution in [0.1, 0.15) is 12.8 Å². The molecule has 0 radical (unpaired) electrons. The Labute approximate surface area is 159 Å². The zero-order valence-electron chi connectivity index (χ0n) is 14.2. The van der Waals surface area contributed by atoms with Gasteiger partial charge in [0.05, 0.1) is 4.90 Å². The molecule has 2 aromatic rings. The SMILES string of the molecule is Cn1nc(S(N)(=O)=O)s/c1=N/S(=O)(=O)c1ccc(NC(=O)CCCN)cc1. The number of nitrogens with zero attached hydrogens (tertiary/aromatic N) is 3. The van der Waals surface area contributed by atoms with Gasteiger partial charge in [0.25, 0.3) is 20.0 Å². The second-order valence-corrected chi connectivity index (χ2v) is 9.65. The number of aromatic nitrogens is 2. The lowest BCUT2D eigenvalue weighted by molar-refractivity contribution is -0.116. The van der Waals surface area contributed by atoms with Crippen molar-refractivity contribution in [2.75, 3.05) is 11.9 Å².